The van der Waals surface area contributed by atoms with E-state index in [4.69, 9.17) is 25.8 Å². The van der Waals surface area contributed by atoms with E-state index < -0.39 is 0 Å². The molecule has 1 atom stereocenters. The summed E-state index contributed by atoms with van der Waals surface area (Å²) < 4.78 is 16.7. The molecule has 0 spiro atoms. The Morgan fingerprint density at radius 2 is 1.81 bits per heavy atom. The average Bonchev–Trinajstić information content (AvgIpc) is 2.94. The number of halogens is 1. The number of hydrogen-bond donors (Lipinski definition) is 0. The molecule has 0 N–H and O–H groups in total. The van der Waals surface area contributed by atoms with Gasteiger partial charge in [0.2, 0.25) is 6.79 Å². The quantitative estimate of drug-likeness (QED) is 0.825. The van der Waals surface area contributed by atoms with Gasteiger partial charge in [-0.2, -0.15) is 0 Å². The van der Waals surface area contributed by atoms with Gasteiger partial charge in [0.25, 0.3) is 0 Å². The zero-order valence-electron chi connectivity index (χ0n) is 12.1. The molecule has 2 aromatic carbocycles. The van der Waals surface area contributed by atoms with Crippen LogP contribution in [0.15, 0.2) is 36.4 Å². The first kappa shape index (κ1) is 14.1. The standard InChI is InChI=1S/C17H17ClO3/c1-3-19-15-9-17-16(20-10-21-17)8-14(15)11(2)12-4-6-13(18)7-5-12/h4-9,11H,3,10H2,1-2H3/t11-/m1/s1. The Kier molecular flexibility index (Phi) is 3.93. The van der Waals surface area contributed by atoms with Crippen molar-refractivity contribution < 1.29 is 14.2 Å². The lowest BCUT2D eigenvalue weighted by atomic mass is 9.92. The number of hydrogen-bond acceptors (Lipinski definition) is 3. The maximum atomic E-state index is 5.96. The maximum Gasteiger partial charge on any atom is 0.231 e. The summed E-state index contributed by atoms with van der Waals surface area (Å²) in [6.07, 6.45) is 0. The number of ether oxygens (including phenoxy) is 3. The number of fused-ring (bicyclic) bond motifs is 1. The smallest absolute Gasteiger partial charge is 0.231 e. The molecule has 3 nitrogen and oxygen atoms in total. The van der Waals surface area contributed by atoms with E-state index in [2.05, 4.69) is 6.92 Å². The molecule has 110 valence electrons. The van der Waals surface area contributed by atoms with Gasteiger partial charge in [-0.3, -0.25) is 0 Å². The molecule has 0 fully saturated rings. The van der Waals surface area contributed by atoms with E-state index in [-0.39, 0.29) is 12.7 Å². The SMILES string of the molecule is CCOc1cc2c(cc1[C@H](C)c1ccc(Cl)cc1)OCO2. The van der Waals surface area contributed by atoms with Gasteiger partial charge in [0.05, 0.1) is 6.61 Å². The molecule has 0 radical (unpaired) electrons. The van der Waals surface area contributed by atoms with Crippen molar-refractivity contribution in [3.8, 4) is 17.2 Å². The van der Waals surface area contributed by atoms with Crippen LogP contribution in [0.4, 0.5) is 0 Å². The van der Waals surface area contributed by atoms with Crippen LogP contribution in [-0.4, -0.2) is 13.4 Å². The summed E-state index contributed by atoms with van der Waals surface area (Å²) >= 11 is 5.96. The van der Waals surface area contributed by atoms with Gasteiger partial charge in [0.1, 0.15) is 5.75 Å². The third kappa shape index (κ3) is 2.79. The van der Waals surface area contributed by atoms with Gasteiger partial charge in [-0.25, -0.2) is 0 Å². The molecule has 0 bridgehead atoms. The molecule has 0 saturated carbocycles. The van der Waals surface area contributed by atoms with Crippen LogP contribution < -0.4 is 14.2 Å². The fourth-order valence-corrected chi connectivity index (χ4v) is 2.61. The summed E-state index contributed by atoms with van der Waals surface area (Å²) in [5, 5.41) is 0.738. The summed E-state index contributed by atoms with van der Waals surface area (Å²) in [7, 11) is 0. The van der Waals surface area contributed by atoms with Crippen molar-refractivity contribution in [2.24, 2.45) is 0 Å². The molecule has 1 aliphatic heterocycles. The molecule has 0 unspecified atom stereocenters. The van der Waals surface area contributed by atoms with Gasteiger partial charge in [0.15, 0.2) is 11.5 Å². The topological polar surface area (TPSA) is 27.7 Å². The van der Waals surface area contributed by atoms with Crippen molar-refractivity contribution in [3.63, 3.8) is 0 Å². The Balaban J connectivity index is 2.01. The normalized spacial score (nSPS) is 14.0. The van der Waals surface area contributed by atoms with Crippen molar-refractivity contribution >= 4 is 11.6 Å². The van der Waals surface area contributed by atoms with Crippen LogP contribution in [0.2, 0.25) is 5.02 Å². The van der Waals surface area contributed by atoms with Crippen LogP contribution in [0, 0.1) is 0 Å². The third-order valence-electron chi connectivity index (χ3n) is 3.64. The Bertz CT molecular complexity index is 637. The molecule has 1 aliphatic rings. The lowest BCUT2D eigenvalue weighted by Gasteiger charge is -2.18. The highest BCUT2D eigenvalue weighted by Crippen LogP contribution is 2.42. The minimum atomic E-state index is 0.179. The molecule has 0 aromatic heterocycles. The van der Waals surface area contributed by atoms with Gasteiger partial charge in [-0.05, 0) is 30.7 Å². The summed E-state index contributed by atoms with van der Waals surface area (Å²) in [5.41, 5.74) is 2.27. The lowest BCUT2D eigenvalue weighted by molar-refractivity contribution is 0.173. The highest BCUT2D eigenvalue weighted by molar-refractivity contribution is 6.30. The van der Waals surface area contributed by atoms with Crippen molar-refractivity contribution in [2.75, 3.05) is 13.4 Å². The van der Waals surface area contributed by atoms with Crippen molar-refractivity contribution in [2.45, 2.75) is 19.8 Å². The summed E-state index contributed by atoms with van der Waals surface area (Å²) in [6, 6.07) is 11.8. The molecular weight excluding hydrogens is 288 g/mol. The Morgan fingerprint density at radius 3 is 2.48 bits per heavy atom. The summed E-state index contributed by atoms with van der Waals surface area (Å²) in [4.78, 5) is 0. The van der Waals surface area contributed by atoms with E-state index in [1.54, 1.807) is 0 Å². The molecule has 1 heterocycles. The molecule has 2 aromatic rings. The zero-order valence-corrected chi connectivity index (χ0v) is 12.8. The van der Waals surface area contributed by atoms with Gasteiger partial charge < -0.3 is 14.2 Å². The van der Waals surface area contributed by atoms with Gasteiger partial charge in [0, 0.05) is 22.6 Å². The minimum Gasteiger partial charge on any atom is -0.493 e. The molecule has 21 heavy (non-hydrogen) atoms. The Morgan fingerprint density at radius 1 is 1.14 bits per heavy atom. The largest absolute Gasteiger partial charge is 0.493 e. The van der Waals surface area contributed by atoms with Crippen molar-refractivity contribution in [1.29, 1.82) is 0 Å². The molecule has 0 saturated heterocycles. The highest BCUT2D eigenvalue weighted by atomic mass is 35.5. The number of benzene rings is 2. The van der Waals surface area contributed by atoms with Crippen LogP contribution in [0.1, 0.15) is 30.9 Å². The van der Waals surface area contributed by atoms with Gasteiger partial charge in [-0.1, -0.05) is 30.7 Å². The first-order chi connectivity index (χ1) is 10.2. The van der Waals surface area contributed by atoms with Crippen LogP contribution in [0.3, 0.4) is 0 Å². The summed E-state index contributed by atoms with van der Waals surface area (Å²) in [6.45, 7) is 4.99. The van der Waals surface area contributed by atoms with Gasteiger partial charge >= 0.3 is 0 Å². The van der Waals surface area contributed by atoms with E-state index in [9.17, 15) is 0 Å². The molecule has 0 amide bonds. The second-order valence-corrected chi connectivity index (χ2v) is 5.39. The van der Waals surface area contributed by atoms with E-state index in [0.717, 1.165) is 27.8 Å². The van der Waals surface area contributed by atoms with Gasteiger partial charge in [-0.15, -0.1) is 0 Å². The zero-order chi connectivity index (χ0) is 14.8. The fourth-order valence-electron chi connectivity index (χ4n) is 2.49. The van der Waals surface area contributed by atoms with E-state index in [0.29, 0.717) is 6.61 Å². The maximum absolute atomic E-state index is 5.96. The van der Waals surface area contributed by atoms with Crippen LogP contribution in [0.5, 0.6) is 17.2 Å². The van der Waals surface area contributed by atoms with E-state index >= 15 is 0 Å². The second-order valence-electron chi connectivity index (χ2n) is 4.95. The Hall–Kier alpha value is -1.87. The highest BCUT2D eigenvalue weighted by Gasteiger charge is 2.21. The van der Waals surface area contributed by atoms with Crippen LogP contribution >= 0.6 is 11.6 Å². The fraction of sp³-hybridized carbons (Fsp3) is 0.294. The van der Waals surface area contributed by atoms with Crippen LogP contribution in [-0.2, 0) is 0 Å². The van der Waals surface area contributed by atoms with E-state index in [1.807, 2.05) is 43.3 Å². The second kappa shape index (κ2) is 5.86. The van der Waals surface area contributed by atoms with Crippen molar-refractivity contribution in [1.82, 2.24) is 0 Å². The van der Waals surface area contributed by atoms with Crippen LogP contribution in [0.25, 0.3) is 0 Å². The monoisotopic (exact) mass is 304 g/mol. The molecule has 4 heteroatoms. The minimum absolute atomic E-state index is 0.179. The predicted molar refractivity (Wildman–Crippen MR) is 82.7 cm³/mol. The molecule has 3 rings (SSSR count). The lowest BCUT2D eigenvalue weighted by Crippen LogP contribution is -2.02. The van der Waals surface area contributed by atoms with Crippen molar-refractivity contribution in [3.05, 3.63) is 52.5 Å². The Labute approximate surface area is 129 Å². The molecular formula is C17H17ClO3. The third-order valence-corrected chi connectivity index (χ3v) is 3.89. The predicted octanol–water partition coefficient (Wildman–Crippen LogP) is 4.62. The average molecular weight is 305 g/mol. The first-order valence-electron chi connectivity index (χ1n) is 7.01. The summed E-state index contributed by atoms with van der Waals surface area (Å²) in [5.74, 6) is 2.53. The first-order valence-corrected chi connectivity index (χ1v) is 7.38. The number of rotatable bonds is 4. The van der Waals surface area contributed by atoms with E-state index in [1.165, 1.54) is 5.56 Å². The molecule has 0 aliphatic carbocycles.